The Balaban J connectivity index is 3.60. The number of hydrogen-bond donors (Lipinski definition) is 1. The lowest BCUT2D eigenvalue weighted by molar-refractivity contribution is 0.467. The molecule has 64 valence electrons. The van der Waals surface area contributed by atoms with E-state index in [2.05, 4.69) is 23.8 Å². The van der Waals surface area contributed by atoms with Gasteiger partial charge in [0.15, 0.2) is 0 Å². The van der Waals surface area contributed by atoms with Crippen LogP contribution in [0, 0.1) is 20.8 Å². The number of aromatic hydroxyl groups is 1. The number of hydrogen-bond acceptors (Lipinski definition) is 1. The van der Waals surface area contributed by atoms with Crippen molar-refractivity contribution >= 4 is 29.2 Å². The van der Waals surface area contributed by atoms with Crippen molar-refractivity contribution in [2.45, 2.75) is 20.8 Å². The molecule has 0 fully saturated rings. The van der Waals surface area contributed by atoms with E-state index in [0.29, 0.717) is 5.75 Å². The summed E-state index contributed by atoms with van der Waals surface area (Å²) < 4.78 is 0.822. The molecule has 0 heterocycles. The first-order valence-corrected chi connectivity index (χ1v) is 4.71. The molecule has 1 aromatic rings. The second kappa shape index (κ2) is 3.13. The van der Waals surface area contributed by atoms with E-state index in [1.165, 1.54) is 11.0 Å². The van der Waals surface area contributed by atoms with Crippen molar-refractivity contribution in [3.8, 4) is 5.75 Å². The quantitative estimate of drug-likeness (QED) is 0.663. The predicted molar refractivity (Wildman–Crippen MR) is 58.2 cm³/mol. The van der Waals surface area contributed by atoms with Crippen LogP contribution in [0.25, 0.3) is 0 Å². The molecule has 0 aliphatic rings. The van der Waals surface area contributed by atoms with Crippen molar-refractivity contribution in [2.24, 2.45) is 0 Å². The standard InChI is InChI=1S/C9H12BBrO/c1-4-5(2)9(12)8(11)6(3)7(4)10/h12H,10H2,1-3H3. The summed E-state index contributed by atoms with van der Waals surface area (Å²) in [6.45, 7) is 5.97. The molecule has 0 aromatic heterocycles. The lowest BCUT2D eigenvalue weighted by Gasteiger charge is -2.13. The first kappa shape index (κ1) is 9.65. The molecular formula is C9H12BBrO. The van der Waals surface area contributed by atoms with E-state index >= 15 is 0 Å². The van der Waals surface area contributed by atoms with Gasteiger partial charge in [0.05, 0.1) is 4.47 Å². The molecule has 0 amide bonds. The highest BCUT2D eigenvalue weighted by Gasteiger charge is 2.11. The fraction of sp³-hybridized carbons (Fsp3) is 0.333. The van der Waals surface area contributed by atoms with Gasteiger partial charge in [0.25, 0.3) is 0 Å². The Bertz CT molecular complexity index is 229. The Morgan fingerprint density at radius 1 is 1.08 bits per heavy atom. The monoisotopic (exact) mass is 226 g/mol. The van der Waals surface area contributed by atoms with Crippen LogP contribution in [0.5, 0.6) is 5.75 Å². The third-order valence-corrected chi connectivity index (χ3v) is 3.55. The smallest absolute Gasteiger partial charge is 0.140 e. The minimum Gasteiger partial charge on any atom is -0.506 e. The van der Waals surface area contributed by atoms with Crippen molar-refractivity contribution in [3.05, 3.63) is 21.2 Å². The largest absolute Gasteiger partial charge is 0.506 e. The summed E-state index contributed by atoms with van der Waals surface area (Å²) in [5.41, 5.74) is 4.51. The average Bonchev–Trinajstić information content (AvgIpc) is 2.08. The van der Waals surface area contributed by atoms with Gasteiger partial charge in [0.1, 0.15) is 13.6 Å². The minimum atomic E-state index is 0.371. The van der Waals surface area contributed by atoms with Gasteiger partial charge in [0, 0.05) is 0 Å². The van der Waals surface area contributed by atoms with Crippen molar-refractivity contribution in [1.29, 1.82) is 0 Å². The molecule has 1 aromatic carbocycles. The summed E-state index contributed by atoms with van der Waals surface area (Å²) in [5, 5.41) is 9.65. The summed E-state index contributed by atoms with van der Waals surface area (Å²) in [4.78, 5) is 0. The Morgan fingerprint density at radius 2 is 1.58 bits per heavy atom. The summed E-state index contributed by atoms with van der Waals surface area (Å²) >= 11 is 3.36. The molecule has 0 atom stereocenters. The third kappa shape index (κ3) is 1.26. The van der Waals surface area contributed by atoms with Crippen molar-refractivity contribution < 1.29 is 5.11 Å². The van der Waals surface area contributed by atoms with Gasteiger partial charge in [-0.05, 0) is 47.8 Å². The molecule has 0 saturated heterocycles. The van der Waals surface area contributed by atoms with Crippen LogP contribution >= 0.6 is 15.9 Å². The second-order valence-electron chi connectivity index (χ2n) is 3.16. The molecule has 1 nitrogen and oxygen atoms in total. The maximum Gasteiger partial charge on any atom is 0.140 e. The van der Waals surface area contributed by atoms with Crippen LogP contribution in [0.3, 0.4) is 0 Å². The van der Waals surface area contributed by atoms with E-state index in [1.54, 1.807) is 0 Å². The van der Waals surface area contributed by atoms with E-state index in [1.807, 2.05) is 20.8 Å². The molecule has 12 heavy (non-hydrogen) atoms. The number of phenols is 1. The lowest BCUT2D eigenvalue weighted by Crippen LogP contribution is -2.14. The van der Waals surface area contributed by atoms with E-state index in [9.17, 15) is 5.11 Å². The van der Waals surface area contributed by atoms with Gasteiger partial charge in [-0.25, -0.2) is 0 Å². The Labute approximate surface area is 82.3 Å². The van der Waals surface area contributed by atoms with E-state index in [-0.39, 0.29) is 0 Å². The number of halogens is 1. The normalized spacial score (nSPS) is 10.3. The zero-order chi connectivity index (χ0) is 9.46. The van der Waals surface area contributed by atoms with Crippen LogP contribution in [0.15, 0.2) is 4.47 Å². The highest BCUT2D eigenvalue weighted by atomic mass is 79.9. The van der Waals surface area contributed by atoms with E-state index in [4.69, 9.17) is 0 Å². The fourth-order valence-electron chi connectivity index (χ4n) is 1.25. The van der Waals surface area contributed by atoms with Gasteiger partial charge < -0.3 is 5.11 Å². The van der Waals surface area contributed by atoms with Crippen molar-refractivity contribution in [2.75, 3.05) is 0 Å². The lowest BCUT2D eigenvalue weighted by atomic mass is 9.84. The van der Waals surface area contributed by atoms with Gasteiger partial charge in [-0.2, -0.15) is 0 Å². The number of rotatable bonds is 0. The topological polar surface area (TPSA) is 20.2 Å². The first-order chi connectivity index (χ1) is 5.46. The maximum atomic E-state index is 9.65. The minimum absolute atomic E-state index is 0.371. The molecule has 0 unspecified atom stereocenters. The maximum absolute atomic E-state index is 9.65. The van der Waals surface area contributed by atoms with Crippen LogP contribution in [0.1, 0.15) is 16.7 Å². The van der Waals surface area contributed by atoms with Gasteiger partial charge in [0.2, 0.25) is 0 Å². The Kier molecular flexibility index (Phi) is 2.52. The van der Waals surface area contributed by atoms with Gasteiger partial charge in [-0.1, -0.05) is 11.0 Å². The van der Waals surface area contributed by atoms with E-state index in [0.717, 1.165) is 15.6 Å². The second-order valence-corrected chi connectivity index (χ2v) is 3.96. The predicted octanol–water partition coefficient (Wildman–Crippen LogP) is 1.34. The molecule has 0 radical (unpaired) electrons. The molecule has 0 saturated carbocycles. The summed E-state index contributed by atoms with van der Waals surface area (Å²) in [5.74, 6) is 0.371. The van der Waals surface area contributed by atoms with Crippen LogP contribution in [0.4, 0.5) is 0 Å². The van der Waals surface area contributed by atoms with Crippen molar-refractivity contribution in [1.82, 2.24) is 0 Å². The molecule has 1 N–H and O–H groups in total. The number of benzene rings is 1. The fourth-order valence-corrected chi connectivity index (χ4v) is 1.84. The van der Waals surface area contributed by atoms with Crippen LogP contribution in [-0.4, -0.2) is 13.0 Å². The third-order valence-electron chi connectivity index (χ3n) is 2.58. The highest BCUT2D eigenvalue weighted by Crippen LogP contribution is 2.31. The molecular weight excluding hydrogens is 215 g/mol. The van der Waals surface area contributed by atoms with Crippen LogP contribution < -0.4 is 5.46 Å². The molecule has 3 heteroatoms. The molecule has 0 bridgehead atoms. The summed E-state index contributed by atoms with van der Waals surface area (Å²) in [7, 11) is 2.07. The van der Waals surface area contributed by atoms with Gasteiger partial charge >= 0.3 is 0 Å². The molecule has 0 aliphatic heterocycles. The van der Waals surface area contributed by atoms with Crippen LogP contribution in [-0.2, 0) is 0 Å². The van der Waals surface area contributed by atoms with E-state index < -0.39 is 0 Å². The first-order valence-electron chi connectivity index (χ1n) is 3.91. The summed E-state index contributed by atoms with van der Waals surface area (Å²) in [6.07, 6.45) is 0. The zero-order valence-electron chi connectivity index (χ0n) is 7.83. The SMILES string of the molecule is Bc1c(C)c(C)c(O)c(Br)c1C. The number of phenolic OH excluding ortho intramolecular Hbond substituents is 1. The van der Waals surface area contributed by atoms with Crippen LogP contribution in [0.2, 0.25) is 0 Å². The average molecular weight is 227 g/mol. The molecule has 0 spiro atoms. The molecule has 0 aliphatic carbocycles. The zero-order valence-corrected chi connectivity index (χ0v) is 9.41. The van der Waals surface area contributed by atoms with Crippen molar-refractivity contribution in [3.63, 3.8) is 0 Å². The van der Waals surface area contributed by atoms with Gasteiger partial charge in [-0.3, -0.25) is 0 Å². The van der Waals surface area contributed by atoms with Gasteiger partial charge in [-0.15, -0.1) is 0 Å². The molecule has 1 rings (SSSR count). The highest BCUT2D eigenvalue weighted by molar-refractivity contribution is 9.10. The Morgan fingerprint density at radius 3 is 2.08 bits per heavy atom. The summed E-state index contributed by atoms with van der Waals surface area (Å²) in [6, 6.07) is 0. The Hall–Kier alpha value is -0.435.